The Morgan fingerprint density at radius 3 is 1.63 bits per heavy atom. The molecule has 128 valence electrons. The first-order valence-corrected chi connectivity index (χ1v) is 9.26. The quantitative estimate of drug-likeness (QED) is 0.373. The summed E-state index contributed by atoms with van der Waals surface area (Å²) >= 11 is 0. The maximum Gasteiger partial charge on any atom is 0.0687 e. The van der Waals surface area contributed by atoms with Crippen molar-refractivity contribution in [3.8, 4) is 11.1 Å². The molecule has 1 aliphatic carbocycles. The molecule has 0 fully saturated rings. The van der Waals surface area contributed by atoms with Gasteiger partial charge in [0.25, 0.3) is 0 Å². The van der Waals surface area contributed by atoms with Crippen LogP contribution in [0, 0.1) is 5.41 Å². The highest BCUT2D eigenvalue weighted by atomic mass is 14.4. The van der Waals surface area contributed by atoms with Gasteiger partial charge < -0.3 is 0 Å². The van der Waals surface area contributed by atoms with Gasteiger partial charge in [-0.1, -0.05) is 103 Å². The van der Waals surface area contributed by atoms with Crippen molar-refractivity contribution in [3.63, 3.8) is 0 Å². The highest BCUT2D eigenvalue weighted by Crippen LogP contribution is 2.48. The molecule has 0 saturated heterocycles. The molecule has 0 spiro atoms. The molecule has 0 aromatic heterocycles. The van der Waals surface area contributed by atoms with E-state index in [1.54, 1.807) is 0 Å². The second-order valence-electron chi connectivity index (χ2n) is 6.94. The Morgan fingerprint density at radius 1 is 0.519 bits per heavy atom. The molecule has 4 aromatic carbocycles. The second kappa shape index (κ2) is 6.37. The number of rotatable bonds is 3. The summed E-state index contributed by atoms with van der Waals surface area (Å²) in [7, 11) is 0. The smallest absolute Gasteiger partial charge is 0.0687 e. The van der Waals surface area contributed by atoms with Crippen LogP contribution < -0.4 is 0 Å². The van der Waals surface area contributed by atoms with Gasteiger partial charge in [-0.05, 0) is 27.8 Å². The van der Waals surface area contributed by atoms with E-state index in [1.165, 1.54) is 27.8 Å². The number of benzene rings is 4. The van der Waals surface area contributed by atoms with E-state index in [1.807, 2.05) is 36.4 Å². The van der Waals surface area contributed by atoms with Crippen LogP contribution in [0.15, 0.2) is 103 Å². The predicted molar refractivity (Wildman–Crippen MR) is 112 cm³/mol. The molecule has 0 aliphatic heterocycles. The first kappa shape index (κ1) is 15.8. The zero-order valence-corrected chi connectivity index (χ0v) is 14.9. The van der Waals surface area contributed by atoms with Gasteiger partial charge in [0.2, 0.25) is 0 Å². The normalized spacial score (nSPS) is 12.4. The molecular formula is C26H19N. The molecule has 1 aliphatic rings. The van der Waals surface area contributed by atoms with Crippen LogP contribution in [0.25, 0.3) is 11.1 Å². The molecule has 27 heavy (non-hydrogen) atoms. The Balaban J connectivity index is 1.72. The van der Waals surface area contributed by atoms with E-state index in [4.69, 9.17) is 5.41 Å². The van der Waals surface area contributed by atoms with Gasteiger partial charge in [-0.15, -0.1) is 0 Å². The molecule has 1 N–H and O–H groups in total. The lowest BCUT2D eigenvalue weighted by molar-refractivity contribution is 1.01. The van der Waals surface area contributed by atoms with Gasteiger partial charge in [-0.25, -0.2) is 0 Å². The lowest BCUT2D eigenvalue weighted by Gasteiger charge is -2.19. The van der Waals surface area contributed by atoms with Gasteiger partial charge in [-0.3, -0.25) is 5.41 Å². The van der Waals surface area contributed by atoms with Crippen LogP contribution in [0.1, 0.15) is 33.7 Å². The third-order valence-electron chi connectivity index (χ3n) is 5.44. The molecule has 0 atom stereocenters. The van der Waals surface area contributed by atoms with Crippen molar-refractivity contribution in [3.05, 3.63) is 131 Å². The third kappa shape index (κ3) is 2.51. The van der Waals surface area contributed by atoms with E-state index in [2.05, 4.69) is 66.7 Å². The topological polar surface area (TPSA) is 23.9 Å². The molecular weight excluding hydrogens is 326 g/mol. The number of nitrogens with one attached hydrogen (secondary N) is 1. The van der Waals surface area contributed by atoms with E-state index in [0.717, 1.165) is 11.1 Å². The highest BCUT2D eigenvalue weighted by Gasteiger charge is 2.31. The SMILES string of the molecule is N=C(c1ccccc1)c1ccccc1C1c2ccccc2-c2ccccc21. The molecule has 0 bridgehead atoms. The molecule has 0 unspecified atom stereocenters. The Labute approximate surface area is 159 Å². The Morgan fingerprint density at radius 2 is 1.00 bits per heavy atom. The monoisotopic (exact) mass is 345 g/mol. The summed E-state index contributed by atoms with van der Waals surface area (Å²) in [5, 5.41) is 8.84. The molecule has 0 heterocycles. The number of hydrogen-bond donors (Lipinski definition) is 1. The van der Waals surface area contributed by atoms with Crippen LogP contribution >= 0.6 is 0 Å². The summed E-state index contributed by atoms with van der Waals surface area (Å²) in [5.74, 6) is 0.165. The third-order valence-corrected chi connectivity index (χ3v) is 5.44. The van der Waals surface area contributed by atoms with Crippen molar-refractivity contribution in [2.75, 3.05) is 0 Å². The van der Waals surface area contributed by atoms with Gasteiger partial charge in [0.05, 0.1) is 5.71 Å². The minimum atomic E-state index is 0.165. The first-order chi connectivity index (χ1) is 13.3. The van der Waals surface area contributed by atoms with Crippen molar-refractivity contribution in [1.82, 2.24) is 0 Å². The molecule has 1 heteroatoms. The van der Waals surface area contributed by atoms with Crippen LogP contribution in [-0.4, -0.2) is 5.71 Å². The second-order valence-corrected chi connectivity index (χ2v) is 6.94. The van der Waals surface area contributed by atoms with Crippen molar-refractivity contribution in [1.29, 1.82) is 5.41 Å². The Hall–Kier alpha value is -3.45. The summed E-state index contributed by atoms with van der Waals surface area (Å²) in [4.78, 5) is 0. The Kier molecular flexibility index (Phi) is 3.72. The zero-order chi connectivity index (χ0) is 18.2. The maximum atomic E-state index is 8.84. The van der Waals surface area contributed by atoms with Crippen LogP contribution in [0.4, 0.5) is 0 Å². The van der Waals surface area contributed by atoms with E-state index in [9.17, 15) is 0 Å². The standard InChI is InChI=1S/C26H19N/c27-26(18-10-2-1-3-11-18)24-17-9-8-16-23(24)25-21-14-6-4-12-19(21)20-13-5-7-15-22(20)25/h1-17,25,27H. The van der Waals surface area contributed by atoms with Crippen LogP contribution in [0.2, 0.25) is 0 Å². The van der Waals surface area contributed by atoms with E-state index in [0.29, 0.717) is 5.71 Å². The van der Waals surface area contributed by atoms with E-state index in [-0.39, 0.29) is 5.92 Å². The minimum Gasteiger partial charge on any atom is -0.300 e. The summed E-state index contributed by atoms with van der Waals surface area (Å²) in [5.41, 5.74) is 8.99. The average Bonchev–Trinajstić information content (AvgIpc) is 3.08. The summed E-state index contributed by atoms with van der Waals surface area (Å²) in [6, 6.07) is 35.7. The molecule has 0 radical (unpaired) electrons. The largest absolute Gasteiger partial charge is 0.300 e. The van der Waals surface area contributed by atoms with Crippen molar-refractivity contribution in [2.45, 2.75) is 5.92 Å². The number of hydrogen-bond acceptors (Lipinski definition) is 1. The summed E-state index contributed by atoms with van der Waals surface area (Å²) < 4.78 is 0. The van der Waals surface area contributed by atoms with Crippen LogP contribution in [-0.2, 0) is 0 Å². The van der Waals surface area contributed by atoms with Crippen molar-refractivity contribution >= 4 is 5.71 Å². The van der Waals surface area contributed by atoms with Crippen LogP contribution in [0.3, 0.4) is 0 Å². The maximum absolute atomic E-state index is 8.84. The van der Waals surface area contributed by atoms with Crippen molar-refractivity contribution < 1.29 is 0 Å². The van der Waals surface area contributed by atoms with Crippen molar-refractivity contribution in [2.24, 2.45) is 0 Å². The molecule has 4 aromatic rings. The first-order valence-electron chi connectivity index (χ1n) is 9.26. The Bertz CT molecular complexity index is 1100. The van der Waals surface area contributed by atoms with E-state index >= 15 is 0 Å². The van der Waals surface area contributed by atoms with Crippen LogP contribution in [0.5, 0.6) is 0 Å². The van der Waals surface area contributed by atoms with Gasteiger partial charge in [0, 0.05) is 17.0 Å². The van der Waals surface area contributed by atoms with Gasteiger partial charge in [0.1, 0.15) is 0 Å². The summed E-state index contributed by atoms with van der Waals surface area (Å²) in [6.45, 7) is 0. The molecule has 0 saturated carbocycles. The fraction of sp³-hybridized carbons (Fsp3) is 0.0385. The fourth-order valence-electron chi connectivity index (χ4n) is 4.23. The van der Waals surface area contributed by atoms with Gasteiger partial charge in [0.15, 0.2) is 0 Å². The summed E-state index contributed by atoms with van der Waals surface area (Å²) in [6.07, 6.45) is 0. The van der Waals surface area contributed by atoms with Gasteiger partial charge >= 0.3 is 0 Å². The van der Waals surface area contributed by atoms with Gasteiger partial charge in [-0.2, -0.15) is 0 Å². The lowest BCUT2D eigenvalue weighted by atomic mass is 9.84. The lowest BCUT2D eigenvalue weighted by Crippen LogP contribution is -2.09. The minimum absolute atomic E-state index is 0.165. The molecule has 0 amide bonds. The zero-order valence-electron chi connectivity index (χ0n) is 14.9. The fourth-order valence-corrected chi connectivity index (χ4v) is 4.23. The predicted octanol–water partition coefficient (Wildman–Crippen LogP) is 6.26. The highest BCUT2D eigenvalue weighted by molar-refractivity contribution is 6.12. The molecule has 5 rings (SSSR count). The van der Waals surface area contributed by atoms with E-state index < -0.39 is 0 Å². The number of fused-ring (bicyclic) bond motifs is 3. The molecule has 1 nitrogen and oxygen atoms in total. The average molecular weight is 345 g/mol.